The van der Waals surface area contributed by atoms with E-state index in [0.29, 0.717) is 30.6 Å². The highest BCUT2D eigenvalue weighted by Gasteiger charge is 2.67. The number of carbonyl (C=O) groups excluding carboxylic acids is 2. The zero-order valence-electron chi connectivity index (χ0n) is 15.6. The second-order valence-corrected chi connectivity index (χ2v) is 9.32. The van der Waals surface area contributed by atoms with Gasteiger partial charge in [0.15, 0.2) is 11.4 Å². The lowest BCUT2D eigenvalue weighted by Gasteiger charge is -2.58. The number of allylic oxidation sites excluding steroid dienone is 1. The van der Waals surface area contributed by atoms with Crippen molar-refractivity contribution in [1.29, 1.82) is 0 Å². The van der Waals surface area contributed by atoms with E-state index in [9.17, 15) is 14.7 Å². The normalized spacial score (nSPS) is 48.9. The molecule has 4 rings (SSSR count). The summed E-state index contributed by atoms with van der Waals surface area (Å²) in [5, 5.41) is 11.2. The first-order valence-corrected chi connectivity index (χ1v) is 9.81. The number of ether oxygens (including phenoxy) is 1. The summed E-state index contributed by atoms with van der Waals surface area (Å²) in [6, 6.07) is 0. The molecule has 6 atom stereocenters. The third-order valence-corrected chi connectivity index (χ3v) is 8.64. The quantitative estimate of drug-likeness (QED) is 0.739. The van der Waals surface area contributed by atoms with Crippen molar-refractivity contribution in [2.45, 2.75) is 70.8 Å². The van der Waals surface area contributed by atoms with E-state index in [1.807, 2.05) is 6.08 Å². The molecule has 3 fully saturated rings. The first-order chi connectivity index (χ1) is 11.8. The highest BCUT2D eigenvalue weighted by molar-refractivity contribution is 5.91. The highest BCUT2D eigenvalue weighted by atomic mass is 16.5. The van der Waals surface area contributed by atoms with Crippen molar-refractivity contribution < 1.29 is 19.4 Å². The lowest BCUT2D eigenvalue weighted by Crippen LogP contribution is -2.57. The second kappa shape index (κ2) is 5.42. The Morgan fingerprint density at radius 2 is 1.84 bits per heavy atom. The van der Waals surface area contributed by atoms with Crippen LogP contribution in [0.2, 0.25) is 0 Å². The minimum atomic E-state index is -1.34. The summed E-state index contributed by atoms with van der Waals surface area (Å²) < 4.78 is 4.97. The van der Waals surface area contributed by atoms with Crippen LogP contribution in [0.5, 0.6) is 0 Å². The van der Waals surface area contributed by atoms with E-state index in [1.54, 1.807) is 0 Å². The van der Waals surface area contributed by atoms with Crippen LogP contribution in [0.4, 0.5) is 0 Å². The third-order valence-electron chi connectivity index (χ3n) is 8.64. The Bertz CT molecular complexity index is 652. The van der Waals surface area contributed by atoms with Gasteiger partial charge in [-0.3, -0.25) is 4.79 Å². The van der Waals surface area contributed by atoms with Crippen molar-refractivity contribution in [1.82, 2.24) is 0 Å². The van der Waals surface area contributed by atoms with Crippen molar-refractivity contribution in [2.24, 2.45) is 28.6 Å². The van der Waals surface area contributed by atoms with Crippen molar-refractivity contribution in [3.63, 3.8) is 0 Å². The Morgan fingerprint density at radius 3 is 2.56 bits per heavy atom. The van der Waals surface area contributed by atoms with Gasteiger partial charge in [0.2, 0.25) is 0 Å². The van der Waals surface area contributed by atoms with Crippen LogP contribution in [0.3, 0.4) is 0 Å². The van der Waals surface area contributed by atoms with Gasteiger partial charge in [-0.1, -0.05) is 19.4 Å². The van der Waals surface area contributed by atoms with E-state index < -0.39 is 11.6 Å². The molecule has 25 heavy (non-hydrogen) atoms. The summed E-state index contributed by atoms with van der Waals surface area (Å²) in [7, 11) is 1.38. The molecule has 0 amide bonds. The van der Waals surface area contributed by atoms with Gasteiger partial charge in [-0.25, -0.2) is 4.79 Å². The third kappa shape index (κ3) is 2.09. The maximum atomic E-state index is 12.4. The van der Waals surface area contributed by atoms with Crippen LogP contribution in [0.1, 0.15) is 65.2 Å². The van der Waals surface area contributed by atoms with E-state index in [1.165, 1.54) is 12.7 Å². The number of methoxy groups -OCH3 is 1. The molecule has 0 saturated heterocycles. The molecule has 138 valence electrons. The predicted octanol–water partition coefficient (Wildman–Crippen LogP) is 3.42. The Hall–Kier alpha value is -1.16. The molecule has 4 aliphatic carbocycles. The summed E-state index contributed by atoms with van der Waals surface area (Å²) in [6.45, 7) is 4.46. The van der Waals surface area contributed by atoms with Gasteiger partial charge < -0.3 is 9.84 Å². The van der Waals surface area contributed by atoms with Crippen molar-refractivity contribution in [2.75, 3.05) is 7.11 Å². The van der Waals surface area contributed by atoms with Gasteiger partial charge in [0.05, 0.1) is 7.11 Å². The molecule has 4 nitrogen and oxygen atoms in total. The highest BCUT2D eigenvalue weighted by Crippen LogP contribution is 2.67. The molecule has 4 heteroatoms. The molecule has 0 aromatic rings. The average Bonchev–Trinajstić information content (AvgIpc) is 2.87. The van der Waals surface area contributed by atoms with Crippen molar-refractivity contribution in [3.8, 4) is 0 Å². The molecule has 3 saturated carbocycles. The Labute approximate surface area is 150 Å². The predicted molar refractivity (Wildman–Crippen MR) is 93.7 cm³/mol. The molecule has 0 spiro atoms. The number of esters is 1. The van der Waals surface area contributed by atoms with Gasteiger partial charge in [0.1, 0.15) is 0 Å². The molecule has 0 aromatic carbocycles. The van der Waals surface area contributed by atoms with E-state index in [0.717, 1.165) is 38.5 Å². The van der Waals surface area contributed by atoms with E-state index in [2.05, 4.69) is 13.8 Å². The van der Waals surface area contributed by atoms with Crippen LogP contribution in [-0.4, -0.2) is 29.6 Å². The monoisotopic (exact) mass is 346 g/mol. The van der Waals surface area contributed by atoms with E-state index in [4.69, 9.17) is 4.74 Å². The average molecular weight is 346 g/mol. The standard InChI is InChI=1S/C21H30O4/c1-19-9-6-14(22)12-13(19)4-5-15-16(19)7-10-20(2)17(15)8-11-21(20,24)18(23)25-3/h12,15-17,24H,4-11H2,1-3H3/t15-,16+,17+,19+,20+,21+/m0/s1. The van der Waals surface area contributed by atoms with Gasteiger partial charge in [0, 0.05) is 11.8 Å². The van der Waals surface area contributed by atoms with Crippen molar-refractivity contribution in [3.05, 3.63) is 11.6 Å². The Kier molecular flexibility index (Phi) is 3.74. The van der Waals surface area contributed by atoms with Crippen LogP contribution in [0.25, 0.3) is 0 Å². The number of carbonyl (C=O) groups is 2. The van der Waals surface area contributed by atoms with Crippen molar-refractivity contribution >= 4 is 11.8 Å². The number of fused-ring (bicyclic) bond motifs is 5. The van der Waals surface area contributed by atoms with E-state index >= 15 is 0 Å². The van der Waals surface area contributed by atoms with Gasteiger partial charge in [-0.15, -0.1) is 0 Å². The molecular weight excluding hydrogens is 316 g/mol. The van der Waals surface area contributed by atoms with Gasteiger partial charge >= 0.3 is 5.97 Å². The Balaban J connectivity index is 1.68. The van der Waals surface area contributed by atoms with Crippen LogP contribution < -0.4 is 0 Å². The molecule has 1 N–H and O–H groups in total. The largest absolute Gasteiger partial charge is 0.467 e. The summed E-state index contributed by atoms with van der Waals surface area (Å²) in [6.07, 6.45) is 8.93. The molecule has 0 unspecified atom stereocenters. The van der Waals surface area contributed by atoms with E-state index in [-0.39, 0.29) is 16.6 Å². The lowest BCUT2D eigenvalue weighted by molar-refractivity contribution is -0.184. The summed E-state index contributed by atoms with van der Waals surface area (Å²) in [5.41, 5.74) is -0.237. The molecule has 0 heterocycles. The number of ketones is 1. The summed E-state index contributed by atoms with van der Waals surface area (Å²) in [4.78, 5) is 24.3. The van der Waals surface area contributed by atoms with Crippen LogP contribution in [-0.2, 0) is 14.3 Å². The smallest absolute Gasteiger partial charge is 0.338 e. The lowest BCUT2D eigenvalue weighted by atomic mass is 9.46. The minimum absolute atomic E-state index is 0.129. The summed E-state index contributed by atoms with van der Waals surface area (Å²) >= 11 is 0. The zero-order valence-corrected chi connectivity index (χ0v) is 15.6. The number of rotatable bonds is 1. The fourth-order valence-corrected chi connectivity index (χ4v) is 7.08. The second-order valence-electron chi connectivity index (χ2n) is 9.32. The fraction of sp³-hybridized carbons (Fsp3) is 0.810. The molecular formula is C21H30O4. The first kappa shape index (κ1) is 17.3. The number of hydrogen-bond acceptors (Lipinski definition) is 4. The van der Waals surface area contributed by atoms with Gasteiger partial charge in [-0.2, -0.15) is 0 Å². The number of aliphatic hydroxyl groups is 1. The number of hydrogen-bond donors (Lipinski definition) is 1. The summed E-state index contributed by atoms with van der Waals surface area (Å²) in [5.74, 6) is 1.30. The molecule has 4 aliphatic rings. The molecule has 0 radical (unpaired) electrons. The maximum Gasteiger partial charge on any atom is 0.338 e. The fourth-order valence-electron chi connectivity index (χ4n) is 7.08. The first-order valence-electron chi connectivity index (χ1n) is 9.81. The van der Waals surface area contributed by atoms with Crippen LogP contribution >= 0.6 is 0 Å². The van der Waals surface area contributed by atoms with Gasteiger partial charge in [-0.05, 0) is 74.2 Å². The molecule has 0 aliphatic heterocycles. The van der Waals surface area contributed by atoms with Crippen LogP contribution in [0, 0.1) is 28.6 Å². The molecule has 0 bridgehead atoms. The molecule has 0 aromatic heterocycles. The Morgan fingerprint density at radius 1 is 1.12 bits per heavy atom. The van der Waals surface area contributed by atoms with Crippen LogP contribution in [0.15, 0.2) is 11.6 Å². The SMILES string of the molecule is COC(=O)[C@]1(O)CC[C@@H]2[C@H]3CCC4=CC(=O)CC[C@@]4(C)[C@@H]3CC[C@]21C. The minimum Gasteiger partial charge on any atom is -0.467 e. The van der Waals surface area contributed by atoms with Gasteiger partial charge in [0.25, 0.3) is 0 Å². The topological polar surface area (TPSA) is 63.6 Å². The zero-order chi connectivity index (χ0) is 18.0. The maximum absolute atomic E-state index is 12.4.